The molecule has 1 N–H and O–H groups in total. The number of rotatable bonds is 5. The van der Waals surface area contributed by atoms with Crippen molar-refractivity contribution in [2.75, 3.05) is 7.11 Å². The number of aromatic nitrogens is 2. The molecule has 2 aromatic heterocycles. The van der Waals surface area contributed by atoms with Crippen molar-refractivity contribution >= 4 is 5.65 Å². The van der Waals surface area contributed by atoms with Crippen molar-refractivity contribution in [1.29, 1.82) is 0 Å². The summed E-state index contributed by atoms with van der Waals surface area (Å²) in [7, 11) is 1.67. The van der Waals surface area contributed by atoms with E-state index in [0.29, 0.717) is 12.8 Å². The van der Waals surface area contributed by atoms with Gasteiger partial charge in [0.05, 0.1) is 24.6 Å². The molecule has 0 amide bonds. The number of hydrogen-bond acceptors (Lipinski definition) is 3. The molecule has 0 bridgehead atoms. The molecule has 3 aromatic rings. The van der Waals surface area contributed by atoms with E-state index in [1.54, 1.807) is 7.11 Å². The Bertz CT molecular complexity index is 823. The van der Waals surface area contributed by atoms with Crippen LogP contribution in [0.5, 0.6) is 5.75 Å². The standard InChI is InChI=1S/C19H22N2O2/c1-4-17(22)19-16(12-14-6-5-7-15(11-14)23-3)20-18-10-13(2)8-9-21(18)19/h5-11,17,22H,4,12H2,1-3H3. The summed E-state index contributed by atoms with van der Waals surface area (Å²) in [5.74, 6) is 0.833. The van der Waals surface area contributed by atoms with Gasteiger partial charge in [-0.15, -0.1) is 0 Å². The first-order chi connectivity index (χ1) is 11.1. The lowest BCUT2D eigenvalue weighted by atomic mass is 10.0. The first-order valence-electron chi connectivity index (χ1n) is 7.91. The van der Waals surface area contributed by atoms with Crippen LogP contribution in [0.4, 0.5) is 0 Å². The Morgan fingerprint density at radius 2 is 2.09 bits per heavy atom. The Morgan fingerprint density at radius 1 is 1.26 bits per heavy atom. The van der Waals surface area contributed by atoms with Crippen LogP contribution in [0.3, 0.4) is 0 Å². The maximum atomic E-state index is 10.5. The van der Waals surface area contributed by atoms with E-state index in [9.17, 15) is 5.11 Å². The number of benzene rings is 1. The van der Waals surface area contributed by atoms with E-state index in [4.69, 9.17) is 9.72 Å². The molecule has 0 saturated carbocycles. The van der Waals surface area contributed by atoms with Gasteiger partial charge in [-0.2, -0.15) is 0 Å². The van der Waals surface area contributed by atoms with Gasteiger partial charge >= 0.3 is 0 Å². The van der Waals surface area contributed by atoms with Gasteiger partial charge in [0.2, 0.25) is 0 Å². The molecule has 0 saturated heterocycles. The smallest absolute Gasteiger partial charge is 0.137 e. The maximum absolute atomic E-state index is 10.5. The lowest BCUT2D eigenvalue weighted by Gasteiger charge is -2.11. The predicted molar refractivity (Wildman–Crippen MR) is 91.0 cm³/mol. The minimum Gasteiger partial charge on any atom is -0.497 e. The fourth-order valence-corrected chi connectivity index (χ4v) is 2.87. The average molecular weight is 310 g/mol. The number of aliphatic hydroxyl groups is 1. The molecule has 1 unspecified atom stereocenters. The van der Waals surface area contributed by atoms with Crippen molar-refractivity contribution < 1.29 is 9.84 Å². The molecule has 1 aromatic carbocycles. The van der Waals surface area contributed by atoms with E-state index in [-0.39, 0.29) is 0 Å². The first kappa shape index (κ1) is 15.6. The monoisotopic (exact) mass is 310 g/mol. The summed E-state index contributed by atoms with van der Waals surface area (Å²) < 4.78 is 7.29. The van der Waals surface area contributed by atoms with Crippen LogP contribution in [-0.4, -0.2) is 21.6 Å². The Labute approximate surface area is 136 Å². The van der Waals surface area contributed by atoms with E-state index < -0.39 is 6.10 Å². The molecule has 1 atom stereocenters. The van der Waals surface area contributed by atoms with Gasteiger partial charge in [-0.3, -0.25) is 0 Å². The van der Waals surface area contributed by atoms with Crippen LogP contribution in [0.1, 0.15) is 42.0 Å². The van der Waals surface area contributed by atoms with Gasteiger partial charge in [0, 0.05) is 12.6 Å². The minimum absolute atomic E-state index is 0.520. The zero-order valence-corrected chi connectivity index (χ0v) is 13.8. The third kappa shape index (κ3) is 3.08. The average Bonchev–Trinajstić information content (AvgIpc) is 2.91. The normalized spacial score (nSPS) is 12.5. The van der Waals surface area contributed by atoms with Crippen LogP contribution in [-0.2, 0) is 6.42 Å². The van der Waals surface area contributed by atoms with Gasteiger partial charge < -0.3 is 14.2 Å². The van der Waals surface area contributed by atoms with Crippen molar-refractivity contribution in [2.24, 2.45) is 0 Å². The van der Waals surface area contributed by atoms with E-state index >= 15 is 0 Å². The Morgan fingerprint density at radius 3 is 2.83 bits per heavy atom. The molecule has 3 rings (SSSR count). The molecule has 0 radical (unpaired) electrons. The van der Waals surface area contributed by atoms with Crippen molar-refractivity contribution in [3.63, 3.8) is 0 Å². The topological polar surface area (TPSA) is 46.8 Å². The number of methoxy groups -OCH3 is 1. The molecule has 4 nitrogen and oxygen atoms in total. The Hall–Kier alpha value is -2.33. The van der Waals surface area contributed by atoms with Crippen molar-refractivity contribution in [1.82, 2.24) is 9.38 Å². The van der Waals surface area contributed by atoms with Crippen LogP contribution in [0.15, 0.2) is 42.6 Å². The van der Waals surface area contributed by atoms with Gasteiger partial charge in [-0.25, -0.2) is 4.98 Å². The van der Waals surface area contributed by atoms with Gasteiger partial charge in [0.15, 0.2) is 0 Å². The molecule has 120 valence electrons. The van der Waals surface area contributed by atoms with Gasteiger partial charge in [0.1, 0.15) is 11.4 Å². The lowest BCUT2D eigenvalue weighted by Crippen LogP contribution is -2.04. The largest absolute Gasteiger partial charge is 0.497 e. The molecule has 0 aliphatic rings. The first-order valence-corrected chi connectivity index (χ1v) is 7.91. The number of aliphatic hydroxyl groups excluding tert-OH is 1. The number of fused-ring (bicyclic) bond motifs is 1. The maximum Gasteiger partial charge on any atom is 0.137 e. The fourth-order valence-electron chi connectivity index (χ4n) is 2.87. The molecule has 0 fully saturated rings. The summed E-state index contributed by atoms with van der Waals surface area (Å²) in [5, 5.41) is 10.5. The SMILES string of the molecule is CCC(O)c1c(Cc2cccc(OC)c2)nc2cc(C)ccn12. The van der Waals surface area contributed by atoms with Crippen LogP contribution in [0.2, 0.25) is 0 Å². The summed E-state index contributed by atoms with van der Waals surface area (Å²) in [6, 6.07) is 12.1. The van der Waals surface area contributed by atoms with Gasteiger partial charge in [0.25, 0.3) is 0 Å². The third-order valence-electron chi connectivity index (χ3n) is 4.10. The highest BCUT2D eigenvalue weighted by molar-refractivity contribution is 5.47. The summed E-state index contributed by atoms with van der Waals surface area (Å²) in [5.41, 5.74) is 4.95. The quantitative estimate of drug-likeness (QED) is 0.782. The van der Waals surface area contributed by atoms with Crippen molar-refractivity contribution in [3.05, 3.63) is 65.1 Å². The number of imidazole rings is 1. The van der Waals surface area contributed by atoms with Gasteiger partial charge in [-0.05, 0) is 48.7 Å². The zero-order valence-electron chi connectivity index (χ0n) is 13.8. The second-order valence-electron chi connectivity index (χ2n) is 5.83. The van der Waals surface area contributed by atoms with E-state index in [1.807, 2.05) is 54.8 Å². The van der Waals surface area contributed by atoms with Crippen LogP contribution in [0, 0.1) is 6.92 Å². The molecule has 0 aliphatic heterocycles. The Kier molecular flexibility index (Phi) is 4.35. The molecule has 4 heteroatoms. The van der Waals surface area contributed by atoms with Crippen LogP contribution in [0.25, 0.3) is 5.65 Å². The highest BCUT2D eigenvalue weighted by Gasteiger charge is 2.18. The Balaban J connectivity index is 2.08. The fraction of sp³-hybridized carbons (Fsp3) is 0.316. The second-order valence-corrected chi connectivity index (χ2v) is 5.83. The summed E-state index contributed by atoms with van der Waals surface area (Å²) in [4.78, 5) is 4.76. The summed E-state index contributed by atoms with van der Waals surface area (Å²) >= 11 is 0. The van der Waals surface area contributed by atoms with E-state index in [0.717, 1.165) is 33.9 Å². The zero-order chi connectivity index (χ0) is 16.4. The van der Waals surface area contributed by atoms with E-state index in [2.05, 4.69) is 6.07 Å². The highest BCUT2D eigenvalue weighted by atomic mass is 16.5. The third-order valence-corrected chi connectivity index (χ3v) is 4.10. The van der Waals surface area contributed by atoms with Gasteiger partial charge in [-0.1, -0.05) is 19.1 Å². The van der Waals surface area contributed by atoms with Crippen molar-refractivity contribution in [3.8, 4) is 5.75 Å². The molecule has 0 aliphatic carbocycles. The number of pyridine rings is 1. The molecule has 23 heavy (non-hydrogen) atoms. The second kappa shape index (κ2) is 6.42. The molecular weight excluding hydrogens is 288 g/mol. The summed E-state index contributed by atoms with van der Waals surface area (Å²) in [6.45, 7) is 4.03. The molecule has 0 spiro atoms. The molecule has 2 heterocycles. The van der Waals surface area contributed by atoms with Crippen LogP contribution >= 0.6 is 0 Å². The number of hydrogen-bond donors (Lipinski definition) is 1. The van der Waals surface area contributed by atoms with Crippen LogP contribution < -0.4 is 4.74 Å². The number of ether oxygens (including phenoxy) is 1. The highest BCUT2D eigenvalue weighted by Crippen LogP contribution is 2.26. The number of aryl methyl sites for hydroxylation is 1. The number of nitrogens with zero attached hydrogens (tertiary/aromatic N) is 2. The molecular formula is C19H22N2O2. The minimum atomic E-state index is -0.520. The van der Waals surface area contributed by atoms with Crippen molar-refractivity contribution in [2.45, 2.75) is 32.8 Å². The summed E-state index contributed by atoms with van der Waals surface area (Å²) in [6.07, 6.45) is 2.80. The lowest BCUT2D eigenvalue weighted by molar-refractivity contribution is 0.167. The van der Waals surface area contributed by atoms with E-state index in [1.165, 1.54) is 0 Å². The predicted octanol–water partition coefficient (Wildman–Crippen LogP) is 3.69.